The van der Waals surface area contributed by atoms with Gasteiger partial charge in [-0.1, -0.05) is 0 Å². The molecule has 0 heterocycles. The second-order valence-electron chi connectivity index (χ2n) is 4.94. The van der Waals surface area contributed by atoms with Crippen LogP contribution in [0.15, 0.2) is 24.3 Å². The molecule has 7 nitrogen and oxygen atoms in total. The van der Waals surface area contributed by atoms with Crippen LogP contribution in [0.25, 0.3) is 0 Å². The van der Waals surface area contributed by atoms with Crippen LogP contribution in [-0.4, -0.2) is 54.1 Å². The lowest BCUT2D eigenvalue weighted by Crippen LogP contribution is -2.38. The summed E-state index contributed by atoms with van der Waals surface area (Å²) in [6, 6.07) is 7.34. The van der Waals surface area contributed by atoms with Crippen LogP contribution in [0.2, 0.25) is 0 Å². The lowest BCUT2D eigenvalue weighted by molar-refractivity contribution is 0.171. The minimum absolute atomic E-state index is 0.137. The minimum atomic E-state index is -3.44. The Bertz CT molecular complexity index is 598. The third kappa shape index (κ3) is 5.63. The normalized spacial score (nSPS) is 11.0. The maximum absolute atomic E-state index is 12.0. The number of amides is 1. The molecule has 1 aromatic carbocycles. The van der Waals surface area contributed by atoms with E-state index in [2.05, 4.69) is 28.8 Å². The van der Waals surface area contributed by atoms with Crippen molar-refractivity contribution in [2.45, 2.75) is 13.8 Å². The first-order valence-electron chi connectivity index (χ1n) is 7.48. The molecule has 0 saturated carbocycles. The molecule has 8 heteroatoms. The van der Waals surface area contributed by atoms with E-state index in [9.17, 15) is 13.2 Å². The summed E-state index contributed by atoms with van der Waals surface area (Å²) in [5, 5.41) is 2.48. The number of anilines is 2. The second kappa shape index (κ2) is 8.61. The molecule has 0 atom stereocenters. The summed E-state index contributed by atoms with van der Waals surface area (Å²) in [7, 11) is -2.18. The highest BCUT2D eigenvalue weighted by Crippen LogP contribution is 2.22. The first-order valence-corrected chi connectivity index (χ1v) is 9.32. The van der Waals surface area contributed by atoms with Crippen LogP contribution in [0.3, 0.4) is 0 Å². The third-order valence-corrected chi connectivity index (χ3v) is 4.63. The first kappa shape index (κ1) is 19.1. The van der Waals surface area contributed by atoms with E-state index in [0.717, 1.165) is 25.0 Å². The molecular formula is C15H25N3O4S. The largest absolute Gasteiger partial charge is 0.453 e. The van der Waals surface area contributed by atoms with E-state index in [1.165, 1.54) is 11.4 Å². The standard InChI is InChI=1S/C15H25N3O4S/c1-5-17(6-2)13-7-9-14(10-8-13)18(23(4,20)21)12-11-16-15(19)22-3/h7-10H,5-6,11-12H2,1-4H3,(H,16,19). The van der Waals surface area contributed by atoms with Crippen LogP contribution in [0, 0.1) is 0 Å². The highest BCUT2D eigenvalue weighted by atomic mass is 32.2. The summed E-state index contributed by atoms with van der Waals surface area (Å²) in [6.07, 6.45) is 0.555. The fourth-order valence-corrected chi connectivity index (χ4v) is 3.16. The van der Waals surface area contributed by atoms with Crippen LogP contribution in [0.1, 0.15) is 13.8 Å². The van der Waals surface area contributed by atoms with Crippen molar-refractivity contribution in [2.24, 2.45) is 0 Å². The topological polar surface area (TPSA) is 79.0 Å². The van der Waals surface area contributed by atoms with Crippen LogP contribution in [0.5, 0.6) is 0 Å². The number of nitrogens with zero attached hydrogens (tertiary/aromatic N) is 2. The Morgan fingerprint density at radius 1 is 1.13 bits per heavy atom. The van der Waals surface area contributed by atoms with Gasteiger partial charge in [0.1, 0.15) is 0 Å². The molecular weight excluding hydrogens is 318 g/mol. The van der Waals surface area contributed by atoms with Gasteiger partial charge in [-0.15, -0.1) is 0 Å². The molecule has 0 unspecified atom stereocenters. The van der Waals surface area contributed by atoms with Gasteiger partial charge in [-0.05, 0) is 38.1 Å². The first-order chi connectivity index (χ1) is 10.8. The summed E-state index contributed by atoms with van der Waals surface area (Å²) in [6.45, 7) is 6.21. The van der Waals surface area contributed by atoms with Crippen LogP contribution >= 0.6 is 0 Å². The maximum atomic E-state index is 12.0. The van der Waals surface area contributed by atoms with Crippen LogP contribution < -0.4 is 14.5 Å². The number of carbonyl (C=O) groups excluding carboxylic acids is 1. The zero-order chi connectivity index (χ0) is 17.5. The Labute approximate surface area is 138 Å². The van der Waals surface area contributed by atoms with Crippen molar-refractivity contribution in [1.82, 2.24) is 5.32 Å². The number of nitrogens with one attached hydrogen (secondary N) is 1. The molecule has 1 aromatic rings. The monoisotopic (exact) mass is 343 g/mol. The Balaban J connectivity index is 2.89. The lowest BCUT2D eigenvalue weighted by atomic mass is 10.2. The second-order valence-corrected chi connectivity index (χ2v) is 6.85. The number of benzene rings is 1. The number of sulfonamides is 1. The summed E-state index contributed by atoms with van der Waals surface area (Å²) in [4.78, 5) is 13.2. The maximum Gasteiger partial charge on any atom is 0.406 e. The van der Waals surface area contributed by atoms with E-state index >= 15 is 0 Å². The van der Waals surface area contributed by atoms with Crippen molar-refractivity contribution in [3.05, 3.63) is 24.3 Å². The summed E-state index contributed by atoms with van der Waals surface area (Å²) < 4.78 is 29.7. The van der Waals surface area contributed by atoms with Crippen molar-refractivity contribution >= 4 is 27.5 Å². The Morgan fingerprint density at radius 3 is 2.09 bits per heavy atom. The van der Waals surface area contributed by atoms with E-state index in [0.29, 0.717) is 5.69 Å². The predicted molar refractivity (Wildman–Crippen MR) is 92.6 cm³/mol. The number of carbonyl (C=O) groups is 1. The van der Waals surface area contributed by atoms with Gasteiger partial charge in [0.15, 0.2) is 0 Å². The molecule has 0 aromatic heterocycles. The average Bonchev–Trinajstić information content (AvgIpc) is 2.52. The summed E-state index contributed by atoms with van der Waals surface area (Å²) in [5.41, 5.74) is 1.61. The fraction of sp³-hybridized carbons (Fsp3) is 0.533. The van der Waals surface area contributed by atoms with Gasteiger partial charge in [0.2, 0.25) is 10.0 Å². The van der Waals surface area contributed by atoms with Gasteiger partial charge in [0, 0.05) is 25.3 Å². The highest BCUT2D eigenvalue weighted by molar-refractivity contribution is 7.92. The Hall–Kier alpha value is -1.96. The van der Waals surface area contributed by atoms with Gasteiger partial charge >= 0.3 is 6.09 Å². The number of methoxy groups -OCH3 is 1. The number of alkyl carbamates (subject to hydrolysis) is 1. The zero-order valence-electron chi connectivity index (χ0n) is 14.1. The molecule has 0 spiro atoms. The van der Waals surface area contributed by atoms with E-state index in [-0.39, 0.29) is 13.1 Å². The number of rotatable bonds is 8. The van der Waals surface area contributed by atoms with E-state index < -0.39 is 16.1 Å². The van der Waals surface area contributed by atoms with E-state index in [1.54, 1.807) is 12.1 Å². The molecule has 1 rings (SSSR count). The van der Waals surface area contributed by atoms with Crippen molar-refractivity contribution in [1.29, 1.82) is 0 Å². The van der Waals surface area contributed by atoms with E-state index in [1.807, 2.05) is 12.1 Å². The average molecular weight is 343 g/mol. The number of hydrogen-bond donors (Lipinski definition) is 1. The molecule has 0 saturated heterocycles. The molecule has 0 aliphatic rings. The third-order valence-electron chi connectivity index (χ3n) is 3.44. The van der Waals surface area contributed by atoms with Gasteiger partial charge in [-0.25, -0.2) is 13.2 Å². The molecule has 0 bridgehead atoms. The van der Waals surface area contributed by atoms with Gasteiger partial charge in [-0.2, -0.15) is 0 Å². The van der Waals surface area contributed by atoms with Crippen LogP contribution in [0.4, 0.5) is 16.2 Å². The van der Waals surface area contributed by atoms with Crippen molar-refractivity contribution in [3.8, 4) is 0 Å². The Morgan fingerprint density at radius 2 is 1.65 bits per heavy atom. The van der Waals surface area contributed by atoms with Gasteiger partial charge < -0.3 is 15.0 Å². The molecule has 23 heavy (non-hydrogen) atoms. The molecule has 0 aliphatic heterocycles. The fourth-order valence-electron chi connectivity index (χ4n) is 2.24. The number of hydrogen-bond acceptors (Lipinski definition) is 5. The van der Waals surface area contributed by atoms with Gasteiger partial charge in [0.05, 0.1) is 25.6 Å². The number of ether oxygens (including phenoxy) is 1. The molecule has 0 fully saturated rings. The quantitative estimate of drug-likeness (QED) is 0.776. The molecule has 0 radical (unpaired) electrons. The minimum Gasteiger partial charge on any atom is -0.453 e. The lowest BCUT2D eigenvalue weighted by Gasteiger charge is -2.25. The van der Waals surface area contributed by atoms with Crippen molar-refractivity contribution in [3.63, 3.8) is 0 Å². The van der Waals surface area contributed by atoms with E-state index in [4.69, 9.17) is 0 Å². The van der Waals surface area contributed by atoms with Gasteiger partial charge in [-0.3, -0.25) is 4.31 Å². The van der Waals surface area contributed by atoms with Crippen molar-refractivity contribution in [2.75, 3.05) is 48.7 Å². The van der Waals surface area contributed by atoms with Crippen LogP contribution in [-0.2, 0) is 14.8 Å². The zero-order valence-corrected chi connectivity index (χ0v) is 14.9. The van der Waals surface area contributed by atoms with Gasteiger partial charge in [0.25, 0.3) is 0 Å². The molecule has 1 amide bonds. The summed E-state index contributed by atoms with van der Waals surface area (Å²) >= 11 is 0. The predicted octanol–water partition coefficient (Wildman–Crippen LogP) is 1.65. The highest BCUT2D eigenvalue weighted by Gasteiger charge is 2.17. The summed E-state index contributed by atoms with van der Waals surface area (Å²) in [5.74, 6) is 0. The smallest absolute Gasteiger partial charge is 0.406 e. The molecule has 130 valence electrons. The van der Waals surface area contributed by atoms with Crippen molar-refractivity contribution < 1.29 is 17.9 Å². The Kier molecular flexibility index (Phi) is 7.15. The SMILES string of the molecule is CCN(CC)c1ccc(N(CCNC(=O)OC)S(C)(=O)=O)cc1. The molecule has 0 aliphatic carbocycles. The molecule has 1 N–H and O–H groups in total.